The zero-order chi connectivity index (χ0) is 24.7. The van der Waals surface area contributed by atoms with Crippen LogP contribution in [0.1, 0.15) is 22.3 Å². The van der Waals surface area contributed by atoms with Crippen LogP contribution in [0.2, 0.25) is 0 Å². The number of carbonyl (C=O) groups excluding carboxylic acids is 1. The van der Waals surface area contributed by atoms with Crippen molar-refractivity contribution < 1.29 is 26.9 Å². The van der Waals surface area contributed by atoms with E-state index >= 15 is 0 Å². The van der Waals surface area contributed by atoms with Gasteiger partial charge >= 0.3 is 10.1 Å². The number of hydrogen-bond acceptors (Lipinski definition) is 7. The SMILES string of the molecule is COc1cc(/C=N\NC(=O)COc2cc(C)cc(C)c2)ccc1OS(=O)(=O)c1ccc(C)cc1. The minimum atomic E-state index is -4.02. The Kier molecular flexibility index (Phi) is 7.91. The summed E-state index contributed by atoms with van der Waals surface area (Å²) in [5.41, 5.74) is 5.97. The lowest BCUT2D eigenvalue weighted by Crippen LogP contribution is -2.24. The number of aryl methyl sites for hydroxylation is 3. The Hall–Kier alpha value is -3.85. The molecule has 0 unspecified atom stereocenters. The van der Waals surface area contributed by atoms with E-state index in [-0.39, 0.29) is 23.0 Å². The van der Waals surface area contributed by atoms with Crippen LogP contribution in [0.3, 0.4) is 0 Å². The predicted molar refractivity (Wildman–Crippen MR) is 129 cm³/mol. The van der Waals surface area contributed by atoms with E-state index in [0.717, 1.165) is 16.7 Å². The molecule has 0 bridgehead atoms. The van der Waals surface area contributed by atoms with Gasteiger partial charge in [-0.1, -0.05) is 23.8 Å². The first-order valence-corrected chi connectivity index (χ1v) is 11.8. The fourth-order valence-electron chi connectivity index (χ4n) is 3.08. The van der Waals surface area contributed by atoms with Gasteiger partial charge in [0.15, 0.2) is 18.1 Å². The van der Waals surface area contributed by atoms with E-state index in [2.05, 4.69) is 10.5 Å². The highest BCUT2D eigenvalue weighted by molar-refractivity contribution is 7.87. The number of ether oxygens (including phenoxy) is 2. The van der Waals surface area contributed by atoms with Crippen molar-refractivity contribution in [2.75, 3.05) is 13.7 Å². The van der Waals surface area contributed by atoms with Gasteiger partial charge in [-0.05, 0) is 79.9 Å². The van der Waals surface area contributed by atoms with Gasteiger partial charge in [-0.25, -0.2) is 5.43 Å². The Balaban J connectivity index is 1.61. The maximum atomic E-state index is 12.6. The molecule has 178 valence electrons. The van der Waals surface area contributed by atoms with Gasteiger partial charge in [-0.15, -0.1) is 0 Å². The summed E-state index contributed by atoms with van der Waals surface area (Å²) in [5.74, 6) is 0.416. The maximum absolute atomic E-state index is 12.6. The summed E-state index contributed by atoms with van der Waals surface area (Å²) in [6, 6.07) is 16.6. The molecule has 1 N–H and O–H groups in total. The summed E-state index contributed by atoms with van der Waals surface area (Å²) in [6.45, 7) is 5.58. The van der Waals surface area contributed by atoms with Crippen molar-refractivity contribution in [3.8, 4) is 17.2 Å². The van der Waals surface area contributed by atoms with Crippen LogP contribution in [-0.4, -0.2) is 34.3 Å². The smallest absolute Gasteiger partial charge is 0.339 e. The fraction of sp³-hybridized carbons (Fsp3) is 0.200. The molecule has 8 nitrogen and oxygen atoms in total. The van der Waals surface area contributed by atoms with E-state index in [1.165, 1.54) is 31.5 Å². The van der Waals surface area contributed by atoms with E-state index in [9.17, 15) is 13.2 Å². The van der Waals surface area contributed by atoms with Gasteiger partial charge in [0.25, 0.3) is 5.91 Å². The van der Waals surface area contributed by atoms with Gasteiger partial charge in [0.1, 0.15) is 10.6 Å². The molecule has 0 aliphatic carbocycles. The van der Waals surface area contributed by atoms with E-state index in [1.54, 1.807) is 24.3 Å². The van der Waals surface area contributed by atoms with Crippen molar-refractivity contribution in [3.05, 3.63) is 82.9 Å². The molecule has 3 rings (SSSR count). The Labute approximate surface area is 199 Å². The summed E-state index contributed by atoms with van der Waals surface area (Å²) in [7, 11) is -2.63. The van der Waals surface area contributed by atoms with Crippen molar-refractivity contribution in [1.82, 2.24) is 5.43 Å². The average molecular weight is 483 g/mol. The number of methoxy groups -OCH3 is 1. The van der Waals surface area contributed by atoms with Crippen molar-refractivity contribution in [1.29, 1.82) is 0 Å². The Morgan fingerprint density at radius 3 is 2.24 bits per heavy atom. The predicted octanol–water partition coefficient (Wildman–Crippen LogP) is 3.92. The number of benzene rings is 3. The third-order valence-corrected chi connectivity index (χ3v) is 5.91. The number of nitrogens with one attached hydrogen (secondary N) is 1. The molecule has 0 aliphatic rings. The van der Waals surface area contributed by atoms with Crippen LogP contribution >= 0.6 is 0 Å². The molecular weight excluding hydrogens is 456 g/mol. The average Bonchev–Trinajstić information content (AvgIpc) is 2.78. The molecule has 0 spiro atoms. The quantitative estimate of drug-likeness (QED) is 0.282. The Morgan fingerprint density at radius 2 is 1.59 bits per heavy atom. The zero-order valence-electron chi connectivity index (χ0n) is 19.4. The van der Waals surface area contributed by atoms with Crippen LogP contribution in [0.25, 0.3) is 0 Å². The summed E-state index contributed by atoms with van der Waals surface area (Å²) < 4.78 is 41.1. The van der Waals surface area contributed by atoms with Crippen LogP contribution in [0.4, 0.5) is 0 Å². The molecule has 3 aromatic carbocycles. The monoisotopic (exact) mass is 482 g/mol. The topological polar surface area (TPSA) is 103 Å². The Morgan fingerprint density at radius 1 is 0.912 bits per heavy atom. The molecule has 1 amide bonds. The number of hydrazone groups is 1. The molecule has 0 saturated carbocycles. The highest BCUT2D eigenvalue weighted by Crippen LogP contribution is 2.30. The summed E-state index contributed by atoms with van der Waals surface area (Å²) >= 11 is 0. The van der Waals surface area contributed by atoms with Gasteiger partial charge in [-0.3, -0.25) is 4.79 Å². The molecule has 0 radical (unpaired) electrons. The molecule has 0 atom stereocenters. The number of amides is 1. The molecule has 0 aromatic heterocycles. The molecule has 0 fully saturated rings. The molecule has 9 heteroatoms. The second kappa shape index (κ2) is 10.8. The third kappa shape index (κ3) is 6.82. The molecule has 3 aromatic rings. The molecule has 34 heavy (non-hydrogen) atoms. The fourth-order valence-corrected chi connectivity index (χ4v) is 4.02. The van der Waals surface area contributed by atoms with Crippen molar-refractivity contribution >= 4 is 22.2 Å². The highest BCUT2D eigenvalue weighted by atomic mass is 32.2. The van der Waals surface area contributed by atoms with Crippen LogP contribution in [0, 0.1) is 20.8 Å². The standard InChI is InChI=1S/C25H26N2O6S/c1-17-5-8-22(9-6-17)34(29,30)33-23-10-7-20(14-24(23)31-4)15-26-27-25(28)16-32-21-12-18(2)11-19(3)13-21/h5-15H,16H2,1-4H3,(H,27,28)/b26-15-. The lowest BCUT2D eigenvalue weighted by atomic mass is 10.1. The summed E-state index contributed by atoms with van der Waals surface area (Å²) in [4.78, 5) is 12.0. The van der Waals surface area contributed by atoms with Gasteiger partial charge in [-0.2, -0.15) is 13.5 Å². The van der Waals surface area contributed by atoms with Gasteiger partial charge in [0.05, 0.1) is 13.3 Å². The van der Waals surface area contributed by atoms with Gasteiger partial charge < -0.3 is 13.7 Å². The second-order valence-corrected chi connectivity index (χ2v) is 9.21. The Bertz CT molecular complexity index is 1280. The van der Waals surface area contributed by atoms with Gasteiger partial charge in [0, 0.05) is 0 Å². The zero-order valence-corrected chi connectivity index (χ0v) is 20.2. The normalized spacial score (nSPS) is 11.3. The largest absolute Gasteiger partial charge is 0.493 e. The second-order valence-electron chi connectivity index (χ2n) is 7.67. The molecular formula is C25H26N2O6S. The van der Waals surface area contributed by atoms with Gasteiger partial charge in [0.2, 0.25) is 0 Å². The van der Waals surface area contributed by atoms with E-state index < -0.39 is 16.0 Å². The van der Waals surface area contributed by atoms with Crippen molar-refractivity contribution in [3.63, 3.8) is 0 Å². The van der Waals surface area contributed by atoms with Crippen LogP contribution in [-0.2, 0) is 14.9 Å². The minimum absolute atomic E-state index is 0.0334. The number of nitrogens with zero attached hydrogens (tertiary/aromatic N) is 1. The number of carbonyl (C=O) groups is 1. The van der Waals surface area contributed by atoms with Crippen LogP contribution < -0.4 is 19.1 Å². The lowest BCUT2D eigenvalue weighted by Gasteiger charge is -2.11. The number of rotatable bonds is 9. The first-order valence-electron chi connectivity index (χ1n) is 10.4. The number of hydrogen-bond donors (Lipinski definition) is 1. The summed E-state index contributed by atoms with van der Waals surface area (Å²) in [6.07, 6.45) is 1.40. The van der Waals surface area contributed by atoms with E-state index in [4.69, 9.17) is 13.7 Å². The van der Waals surface area contributed by atoms with Crippen molar-refractivity contribution in [2.45, 2.75) is 25.7 Å². The first kappa shape index (κ1) is 24.8. The molecule has 0 aliphatic heterocycles. The van der Waals surface area contributed by atoms with E-state index in [0.29, 0.717) is 11.3 Å². The lowest BCUT2D eigenvalue weighted by molar-refractivity contribution is -0.123. The van der Waals surface area contributed by atoms with Crippen molar-refractivity contribution in [2.24, 2.45) is 5.10 Å². The molecule has 0 saturated heterocycles. The molecule has 0 heterocycles. The first-order chi connectivity index (χ1) is 16.2. The van der Waals surface area contributed by atoms with E-state index in [1.807, 2.05) is 39.0 Å². The maximum Gasteiger partial charge on any atom is 0.339 e. The highest BCUT2D eigenvalue weighted by Gasteiger charge is 2.19. The van der Waals surface area contributed by atoms with Crippen LogP contribution in [0.5, 0.6) is 17.2 Å². The minimum Gasteiger partial charge on any atom is -0.493 e. The third-order valence-electron chi connectivity index (χ3n) is 4.66. The summed E-state index contributed by atoms with van der Waals surface area (Å²) in [5, 5.41) is 3.91. The van der Waals surface area contributed by atoms with Crippen LogP contribution in [0.15, 0.2) is 70.7 Å².